The van der Waals surface area contributed by atoms with E-state index < -0.39 is 0 Å². The third kappa shape index (κ3) is 3.97. The number of rotatable bonds is 6. The number of nitrogens with two attached hydrogens (primary N) is 1. The van der Waals surface area contributed by atoms with Gasteiger partial charge in [-0.3, -0.25) is 14.8 Å². The number of hydrogen-bond donors (Lipinski definition) is 3. The predicted molar refractivity (Wildman–Crippen MR) is 84.2 cm³/mol. The number of aromatic amines is 1. The number of piperidine rings is 1. The Labute approximate surface area is 126 Å². The molecule has 1 aliphatic rings. The third-order valence-corrected chi connectivity index (χ3v) is 4.17. The molecule has 118 valence electrons. The lowest BCUT2D eigenvalue weighted by Crippen LogP contribution is -2.44. The minimum atomic E-state index is -0.185. The summed E-state index contributed by atoms with van der Waals surface area (Å²) in [6.07, 6.45) is 5.62. The lowest BCUT2D eigenvalue weighted by Gasteiger charge is -2.32. The molecule has 4 N–H and O–H groups in total. The number of carbonyl (C=O) groups is 1. The highest BCUT2D eigenvalue weighted by molar-refractivity contribution is 5.97. The van der Waals surface area contributed by atoms with Crippen LogP contribution in [0.5, 0.6) is 0 Å². The number of nitrogens with one attached hydrogen (secondary N) is 2. The van der Waals surface area contributed by atoms with E-state index in [9.17, 15) is 4.79 Å². The van der Waals surface area contributed by atoms with Gasteiger partial charge in [0.05, 0.1) is 11.4 Å². The molecule has 6 nitrogen and oxygen atoms in total. The zero-order valence-electron chi connectivity index (χ0n) is 13.1. The quantitative estimate of drug-likeness (QED) is 0.742. The molecule has 0 aromatic carbocycles. The average Bonchev–Trinajstić information content (AvgIpc) is 2.87. The van der Waals surface area contributed by atoms with Crippen LogP contribution in [-0.4, -0.2) is 46.7 Å². The highest BCUT2D eigenvalue weighted by Gasteiger charge is 2.20. The van der Waals surface area contributed by atoms with Gasteiger partial charge in [0, 0.05) is 12.6 Å². The van der Waals surface area contributed by atoms with Crippen molar-refractivity contribution in [2.45, 2.75) is 52.0 Å². The lowest BCUT2D eigenvalue weighted by atomic mass is 10.1. The molecule has 1 atom stereocenters. The van der Waals surface area contributed by atoms with Crippen LogP contribution in [0, 0.1) is 0 Å². The van der Waals surface area contributed by atoms with Crippen molar-refractivity contribution in [3.63, 3.8) is 0 Å². The molecule has 2 rings (SSSR count). The van der Waals surface area contributed by atoms with E-state index in [1.807, 2.05) is 0 Å². The van der Waals surface area contributed by atoms with Crippen LogP contribution in [0.15, 0.2) is 0 Å². The molecule has 1 aromatic heterocycles. The Balaban J connectivity index is 1.86. The van der Waals surface area contributed by atoms with Gasteiger partial charge in [0.1, 0.15) is 0 Å². The maximum Gasteiger partial charge on any atom is 0.273 e. The maximum absolute atomic E-state index is 12.2. The molecule has 21 heavy (non-hydrogen) atoms. The molecular weight excluding hydrogens is 266 g/mol. The molecule has 1 amide bonds. The van der Waals surface area contributed by atoms with Crippen LogP contribution in [0.4, 0.5) is 5.69 Å². The summed E-state index contributed by atoms with van der Waals surface area (Å²) in [7, 11) is 0. The van der Waals surface area contributed by atoms with Crippen molar-refractivity contribution in [3.05, 3.63) is 11.4 Å². The fourth-order valence-electron chi connectivity index (χ4n) is 2.81. The van der Waals surface area contributed by atoms with Gasteiger partial charge < -0.3 is 11.1 Å². The number of H-pyrrole nitrogens is 1. The molecule has 1 aromatic rings. The van der Waals surface area contributed by atoms with E-state index in [0.29, 0.717) is 24.0 Å². The summed E-state index contributed by atoms with van der Waals surface area (Å²) in [6, 6.07) is 0.351. The molecule has 0 radical (unpaired) electrons. The standard InChI is InChI=1S/C15H27N5O/c1-3-7-12-13(16)14(19-18-12)15(21)17-10-11(2)20-8-5-4-6-9-20/h11H,3-10,16H2,1-2H3,(H,17,21)(H,18,19). The highest BCUT2D eigenvalue weighted by atomic mass is 16.2. The molecule has 1 fully saturated rings. The van der Waals surface area contributed by atoms with Gasteiger partial charge in [-0.05, 0) is 39.3 Å². The van der Waals surface area contributed by atoms with Gasteiger partial charge in [0.2, 0.25) is 0 Å². The first-order chi connectivity index (χ1) is 10.1. The Morgan fingerprint density at radius 1 is 1.43 bits per heavy atom. The van der Waals surface area contributed by atoms with Crippen LogP contribution in [0.2, 0.25) is 0 Å². The number of aryl methyl sites for hydroxylation is 1. The molecule has 1 aliphatic heterocycles. The van der Waals surface area contributed by atoms with Crippen LogP contribution in [-0.2, 0) is 6.42 Å². The van der Waals surface area contributed by atoms with Crippen molar-refractivity contribution in [1.82, 2.24) is 20.4 Å². The van der Waals surface area contributed by atoms with Gasteiger partial charge in [-0.25, -0.2) is 0 Å². The normalized spacial score (nSPS) is 17.6. The Kier molecular flexibility index (Phi) is 5.61. The van der Waals surface area contributed by atoms with Gasteiger partial charge in [0.15, 0.2) is 5.69 Å². The molecule has 0 spiro atoms. The summed E-state index contributed by atoms with van der Waals surface area (Å²) in [4.78, 5) is 14.6. The Morgan fingerprint density at radius 3 is 2.81 bits per heavy atom. The van der Waals surface area contributed by atoms with Gasteiger partial charge in [-0.15, -0.1) is 0 Å². The largest absolute Gasteiger partial charge is 0.395 e. The molecule has 0 aliphatic carbocycles. The van der Waals surface area contributed by atoms with Crippen molar-refractivity contribution in [1.29, 1.82) is 0 Å². The summed E-state index contributed by atoms with van der Waals surface area (Å²) >= 11 is 0. The Bertz CT molecular complexity index is 465. The summed E-state index contributed by atoms with van der Waals surface area (Å²) in [5.41, 5.74) is 7.64. The van der Waals surface area contributed by atoms with E-state index in [1.165, 1.54) is 19.3 Å². The third-order valence-electron chi connectivity index (χ3n) is 4.17. The van der Waals surface area contributed by atoms with Crippen molar-refractivity contribution in [2.24, 2.45) is 0 Å². The minimum Gasteiger partial charge on any atom is -0.395 e. The van der Waals surface area contributed by atoms with E-state index in [0.717, 1.165) is 31.6 Å². The molecule has 6 heteroatoms. The fourth-order valence-corrected chi connectivity index (χ4v) is 2.81. The molecule has 2 heterocycles. The number of nitrogens with zero attached hydrogens (tertiary/aromatic N) is 2. The molecule has 1 unspecified atom stereocenters. The number of aromatic nitrogens is 2. The van der Waals surface area contributed by atoms with Crippen molar-refractivity contribution < 1.29 is 4.79 Å². The summed E-state index contributed by atoms with van der Waals surface area (Å²) < 4.78 is 0. The smallest absolute Gasteiger partial charge is 0.273 e. The zero-order chi connectivity index (χ0) is 15.2. The summed E-state index contributed by atoms with van der Waals surface area (Å²) in [6.45, 7) is 7.11. The van der Waals surface area contributed by atoms with Crippen LogP contribution >= 0.6 is 0 Å². The number of nitrogen functional groups attached to an aromatic ring is 1. The fraction of sp³-hybridized carbons (Fsp3) is 0.733. The first-order valence-corrected chi connectivity index (χ1v) is 7.98. The maximum atomic E-state index is 12.2. The van der Waals surface area contributed by atoms with Crippen molar-refractivity contribution in [2.75, 3.05) is 25.4 Å². The first kappa shape index (κ1) is 15.8. The SMILES string of the molecule is CCCc1[nH]nc(C(=O)NCC(C)N2CCCCC2)c1N. The first-order valence-electron chi connectivity index (χ1n) is 7.98. The van der Waals surface area contributed by atoms with Gasteiger partial charge in [-0.1, -0.05) is 19.8 Å². The minimum absolute atomic E-state index is 0.185. The summed E-state index contributed by atoms with van der Waals surface area (Å²) in [5, 5.41) is 9.86. The lowest BCUT2D eigenvalue weighted by molar-refractivity contribution is 0.0926. The second-order valence-corrected chi connectivity index (χ2v) is 5.87. The second-order valence-electron chi connectivity index (χ2n) is 5.87. The predicted octanol–water partition coefficient (Wildman–Crippen LogP) is 1.55. The Morgan fingerprint density at radius 2 is 2.14 bits per heavy atom. The molecule has 0 saturated carbocycles. The molecule has 1 saturated heterocycles. The molecular formula is C15H27N5O. The summed E-state index contributed by atoms with van der Waals surface area (Å²) in [5.74, 6) is -0.185. The van der Waals surface area contributed by atoms with Crippen LogP contribution < -0.4 is 11.1 Å². The van der Waals surface area contributed by atoms with E-state index in [4.69, 9.17) is 5.73 Å². The highest BCUT2D eigenvalue weighted by Crippen LogP contribution is 2.16. The van der Waals surface area contributed by atoms with Gasteiger partial charge in [0.25, 0.3) is 5.91 Å². The number of likely N-dealkylation sites (tertiary alicyclic amines) is 1. The second kappa shape index (κ2) is 7.45. The van der Waals surface area contributed by atoms with E-state index in [-0.39, 0.29) is 5.91 Å². The number of hydrogen-bond acceptors (Lipinski definition) is 4. The monoisotopic (exact) mass is 293 g/mol. The van der Waals surface area contributed by atoms with E-state index >= 15 is 0 Å². The van der Waals surface area contributed by atoms with Crippen LogP contribution in [0.25, 0.3) is 0 Å². The topological polar surface area (TPSA) is 87.0 Å². The number of amides is 1. The van der Waals surface area contributed by atoms with E-state index in [1.54, 1.807) is 0 Å². The van der Waals surface area contributed by atoms with E-state index in [2.05, 4.69) is 34.3 Å². The molecule has 0 bridgehead atoms. The average molecular weight is 293 g/mol. The number of carbonyl (C=O) groups excluding carboxylic acids is 1. The van der Waals surface area contributed by atoms with Crippen LogP contribution in [0.1, 0.15) is 55.7 Å². The number of anilines is 1. The van der Waals surface area contributed by atoms with Gasteiger partial charge in [-0.2, -0.15) is 5.10 Å². The van der Waals surface area contributed by atoms with Crippen molar-refractivity contribution in [3.8, 4) is 0 Å². The Hall–Kier alpha value is -1.56. The van der Waals surface area contributed by atoms with Gasteiger partial charge >= 0.3 is 0 Å². The van der Waals surface area contributed by atoms with Crippen LogP contribution in [0.3, 0.4) is 0 Å². The van der Waals surface area contributed by atoms with Crippen molar-refractivity contribution >= 4 is 11.6 Å². The zero-order valence-corrected chi connectivity index (χ0v) is 13.1.